The van der Waals surface area contributed by atoms with Gasteiger partial charge in [0.2, 0.25) is 11.9 Å². The van der Waals surface area contributed by atoms with E-state index in [0.29, 0.717) is 34.7 Å². The molecule has 1 aliphatic rings. The van der Waals surface area contributed by atoms with Crippen LogP contribution in [0.4, 0.5) is 11.9 Å². The maximum atomic E-state index is 13.5. The monoisotopic (exact) mass is 490 g/mol. The van der Waals surface area contributed by atoms with Crippen molar-refractivity contribution in [2.45, 2.75) is 19.9 Å². The van der Waals surface area contributed by atoms with E-state index in [1.54, 1.807) is 23.8 Å². The maximum Gasteiger partial charge on any atom is 0.284 e. The number of halogens is 1. The SMILES string of the molecule is Cc1nc(N)nc(N2C[C@H](C)[C@H]2c2nn3ccc(Cl)c3c(=O)n2-c2ccccc2)n1.S.S. The number of nitrogens with zero attached hydrogens (tertiary/aromatic N) is 7. The zero-order valence-electron chi connectivity index (χ0n) is 17.4. The molecule has 9 nitrogen and oxygen atoms in total. The lowest BCUT2D eigenvalue weighted by atomic mass is 9.89. The van der Waals surface area contributed by atoms with Crippen LogP contribution in [0.3, 0.4) is 0 Å². The van der Waals surface area contributed by atoms with E-state index in [-0.39, 0.29) is 50.5 Å². The number of para-hydroxylation sites is 1. The number of aryl methyl sites for hydroxylation is 1. The van der Waals surface area contributed by atoms with E-state index in [2.05, 4.69) is 21.9 Å². The van der Waals surface area contributed by atoms with Crippen LogP contribution in [-0.4, -0.2) is 35.7 Å². The van der Waals surface area contributed by atoms with Gasteiger partial charge in [-0.3, -0.25) is 9.36 Å². The predicted octanol–water partition coefficient (Wildman–Crippen LogP) is 2.64. The van der Waals surface area contributed by atoms with E-state index in [1.807, 2.05) is 35.2 Å². The topological polar surface area (TPSA) is 107 Å². The molecular weight excluding hydrogens is 468 g/mol. The third-order valence-electron chi connectivity index (χ3n) is 5.31. The molecule has 4 heterocycles. The highest BCUT2D eigenvalue weighted by atomic mass is 35.5. The largest absolute Gasteiger partial charge is 0.368 e. The van der Waals surface area contributed by atoms with Gasteiger partial charge in [-0.25, -0.2) is 4.52 Å². The van der Waals surface area contributed by atoms with Gasteiger partial charge in [-0.1, -0.05) is 36.7 Å². The Morgan fingerprint density at radius 3 is 2.47 bits per heavy atom. The van der Waals surface area contributed by atoms with Crippen molar-refractivity contribution < 1.29 is 0 Å². The van der Waals surface area contributed by atoms with Crippen LogP contribution in [-0.2, 0) is 0 Å². The molecule has 12 heteroatoms. The van der Waals surface area contributed by atoms with E-state index >= 15 is 0 Å². The summed E-state index contributed by atoms with van der Waals surface area (Å²) in [6.07, 6.45) is 1.69. The second kappa shape index (κ2) is 9.00. The van der Waals surface area contributed by atoms with Gasteiger partial charge in [0.1, 0.15) is 11.3 Å². The summed E-state index contributed by atoms with van der Waals surface area (Å²) in [5, 5.41) is 5.14. The van der Waals surface area contributed by atoms with Gasteiger partial charge in [-0.15, -0.1) is 0 Å². The van der Waals surface area contributed by atoms with E-state index in [0.717, 1.165) is 5.69 Å². The first-order valence-electron chi connectivity index (χ1n) is 9.54. The van der Waals surface area contributed by atoms with Gasteiger partial charge in [-0.05, 0) is 25.1 Å². The lowest BCUT2D eigenvalue weighted by molar-refractivity contribution is 0.297. The molecule has 1 fully saturated rings. The van der Waals surface area contributed by atoms with Crippen LogP contribution in [0, 0.1) is 12.8 Å². The third-order valence-corrected chi connectivity index (χ3v) is 5.62. The Kier molecular flexibility index (Phi) is 6.72. The van der Waals surface area contributed by atoms with E-state index in [9.17, 15) is 4.79 Å². The summed E-state index contributed by atoms with van der Waals surface area (Å²) in [6, 6.07) is 10.9. The smallest absolute Gasteiger partial charge is 0.284 e. The Morgan fingerprint density at radius 1 is 1.09 bits per heavy atom. The number of hydrogen-bond acceptors (Lipinski definition) is 7. The molecule has 168 valence electrons. The van der Waals surface area contributed by atoms with Crippen LogP contribution < -0.4 is 16.2 Å². The molecule has 0 amide bonds. The first-order chi connectivity index (χ1) is 14.4. The minimum absolute atomic E-state index is 0. The van der Waals surface area contributed by atoms with E-state index in [4.69, 9.17) is 22.4 Å². The third kappa shape index (κ3) is 3.80. The first-order valence-corrected chi connectivity index (χ1v) is 9.92. The van der Waals surface area contributed by atoms with Crippen molar-refractivity contribution in [3.8, 4) is 5.69 Å². The highest BCUT2D eigenvalue weighted by molar-refractivity contribution is 7.59. The Balaban J connectivity index is 0.00000144. The van der Waals surface area contributed by atoms with Crippen LogP contribution in [0.2, 0.25) is 5.02 Å². The van der Waals surface area contributed by atoms with E-state index < -0.39 is 0 Å². The number of aromatic nitrogens is 6. The normalized spacial score (nSPS) is 17.4. The number of fused-ring (bicyclic) bond motifs is 1. The Bertz CT molecular complexity index is 1310. The highest BCUT2D eigenvalue weighted by Crippen LogP contribution is 2.40. The number of nitrogens with two attached hydrogens (primary N) is 1. The summed E-state index contributed by atoms with van der Waals surface area (Å²) in [7, 11) is 0. The van der Waals surface area contributed by atoms with Crippen LogP contribution in [0.25, 0.3) is 11.2 Å². The number of hydrogen-bond donors (Lipinski definition) is 1. The Morgan fingerprint density at radius 2 is 1.81 bits per heavy atom. The van der Waals surface area contributed by atoms with Crippen LogP contribution >= 0.6 is 38.6 Å². The summed E-state index contributed by atoms with van der Waals surface area (Å²) < 4.78 is 3.15. The molecule has 1 saturated heterocycles. The lowest BCUT2D eigenvalue weighted by Crippen LogP contribution is -2.52. The van der Waals surface area contributed by atoms with Crippen LogP contribution in [0.5, 0.6) is 0 Å². The molecule has 0 radical (unpaired) electrons. The maximum absolute atomic E-state index is 13.5. The average Bonchev–Trinajstić information content (AvgIpc) is 3.07. The molecule has 2 atom stereocenters. The summed E-state index contributed by atoms with van der Waals surface area (Å²) >= 11 is 6.28. The van der Waals surface area contributed by atoms with Crippen molar-refractivity contribution in [2.75, 3.05) is 17.2 Å². The van der Waals surface area contributed by atoms with Gasteiger partial charge in [-0.2, -0.15) is 47.0 Å². The number of rotatable bonds is 3. The molecule has 0 saturated carbocycles. The predicted molar refractivity (Wildman–Crippen MR) is 135 cm³/mol. The molecule has 2 N–H and O–H groups in total. The molecule has 4 aromatic rings. The van der Waals surface area contributed by atoms with Gasteiger partial charge in [0.15, 0.2) is 5.82 Å². The van der Waals surface area contributed by atoms with Crippen molar-refractivity contribution in [3.63, 3.8) is 0 Å². The quantitative estimate of drug-likeness (QED) is 0.470. The summed E-state index contributed by atoms with van der Waals surface area (Å²) in [5.41, 5.74) is 6.66. The first kappa shape index (κ1) is 23.9. The second-order valence-electron chi connectivity index (χ2n) is 7.41. The molecule has 1 aliphatic heterocycles. The fourth-order valence-corrected chi connectivity index (χ4v) is 4.20. The van der Waals surface area contributed by atoms with Gasteiger partial charge >= 0.3 is 0 Å². The number of anilines is 2. The Labute approximate surface area is 203 Å². The van der Waals surface area contributed by atoms with Gasteiger partial charge < -0.3 is 10.6 Å². The average molecular weight is 491 g/mol. The molecular formula is C20H23ClN8OS2. The molecule has 0 unspecified atom stereocenters. The number of benzene rings is 1. The molecule has 0 bridgehead atoms. The fourth-order valence-electron chi connectivity index (χ4n) is 3.97. The minimum Gasteiger partial charge on any atom is -0.368 e. The van der Waals surface area contributed by atoms with Crippen molar-refractivity contribution in [2.24, 2.45) is 5.92 Å². The summed E-state index contributed by atoms with van der Waals surface area (Å²) in [5.74, 6) is 1.98. The molecule has 32 heavy (non-hydrogen) atoms. The lowest BCUT2D eigenvalue weighted by Gasteiger charge is -2.46. The van der Waals surface area contributed by atoms with Gasteiger partial charge in [0, 0.05) is 18.7 Å². The van der Waals surface area contributed by atoms with Crippen molar-refractivity contribution in [1.29, 1.82) is 0 Å². The highest BCUT2D eigenvalue weighted by Gasteiger charge is 2.42. The summed E-state index contributed by atoms with van der Waals surface area (Å²) in [6.45, 7) is 4.58. The van der Waals surface area contributed by atoms with Crippen molar-refractivity contribution in [3.05, 3.63) is 69.6 Å². The molecule has 1 aromatic carbocycles. The standard InChI is InChI=1S/C20H19ClN8O.2H2S/c1-11-10-27(20-24-12(2)23-19(22)25-20)15(11)17-26-28-9-8-14(21)16(28)18(30)29(17)13-6-4-3-5-7-13;;/h3-9,11,15H,10H2,1-2H3,(H2,22,23,24,25);2*1H2/t11-,15-;;/m0../s1. The van der Waals surface area contributed by atoms with Crippen molar-refractivity contribution in [1.82, 2.24) is 29.1 Å². The van der Waals surface area contributed by atoms with Crippen molar-refractivity contribution >= 4 is 56.0 Å². The molecule has 0 spiro atoms. The molecule has 0 aliphatic carbocycles. The van der Waals surface area contributed by atoms with E-state index in [1.165, 1.54) is 4.52 Å². The van der Waals surface area contributed by atoms with Crippen LogP contribution in [0.1, 0.15) is 24.6 Å². The number of nitrogen functional groups attached to an aromatic ring is 1. The molecule has 5 rings (SSSR count). The molecule has 3 aromatic heterocycles. The van der Waals surface area contributed by atoms with Gasteiger partial charge in [0.05, 0.1) is 16.8 Å². The van der Waals surface area contributed by atoms with Gasteiger partial charge in [0.25, 0.3) is 5.56 Å². The van der Waals surface area contributed by atoms with Crippen LogP contribution in [0.15, 0.2) is 47.4 Å². The minimum atomic E-state index is -0.230. The zero-order chi connectivity index (χ0) is 21.0. The zero-order valence-corrected chi connectivity index (χ0v) is 20.2. The summed E-state index contributed by atoms with van der Waals surface area (Å²) in [4.78, 5) is 28.3. The second-order valence-corrected chi connectivity index (χ2v) is 7.81. The fraction of sp³-hybridized carbons (Fsp3) is 0.250. The Hall–Kier alpha value is -2.76.